The highest BCUT2D eigenvalue weighted by molar-refractivity contribution is 5.84. The largest absolute Gasteiger partial charge is 0.493 e. The van der Waals surface area contributed by atoms with Crippen molar-refractivity contribution in [2.45, 2.75) is 32.2 Å². The summed E-state index contributed by atoms with van der Waals surface area (Å²) in [4.78, 5) is 12.1. The highest BCUT2D eigenvalue weighted by atomic mass is 16.5. The van der Waals surface area contributed by atoms with Crippen LogP contribution in [0.2, 0.25) is 0 Å². The van der Waals surface area contributed by atoms with Crippen LogP contribution in [0.3, 0.4) is 0 Å². The maximum absolute atomic E-state index is 12.1. The Balaban J connectivity index is 1.66. The van der Waals surface area contributed by atoms with E-state index < -0.39 is 11.9 Å². The number of aliphatic hydroxyl groups excluding tert-OH is 1. The highest BCUT2D eigenvalue weighted by Gasteiger charge is 2.16. The van der Waals surface area contributed by atoms with Crippen LogP contribution in [0.15, 0.2) is 48.5 Å². The van der Waals surface area contributed by atoms with Crippen LogP contribution < -0.4 is 9.47 Å². The lowest BCUT2D eigenvalue weighted by molar-refractivity contribution is -0.135. The fraction of sp³-hybridized carbons (Fsp3) is 0.409. The minimum absolute atomic E-state index is 0.0871. The summed E-state index contributed by atoms with van der Waals surface area (Å²) in [6, 6.07) is 15.2. The predicted octanol–water partition coefficient (Wildman–Crippen LogP) is 2.90. The van der Waals surface area contributed by atoms with Gasteiger partial charge in [-0.15, -0.1) is 0 Å². The molecule has 6 heteroatoms. The molecule has 0 saturated carbocycles. The number of ketones is 1. The van der Waals surface area contributed by atoms with Gasteiger partial charge < -0.3 is 24.1 Å². The monoisotopic (exact) mass is 386 g/mol. The normalized spacial score (nSPS) is 19.9. The summed E-state index contributed by atoms with van der Waals surface area (Å²) in [5.74, 6) is 1.08. The number of fused-ring (bicyclic) bond motifs is 2. The number of benzene rings is 2. The van der Waals surface area contributed by atoms with Crippen LogP contribution in [-0.2, 0) is 27.5 Å². The second kappa shape index (κ2) is 10.8. The van der Waals surface area contributed by atoms with E-state index in [-0.39, 0.29) is 26.4 Å². The molecule has 0 aliphatic carbocycles. The number of ether oxygens (including phenoxy) is 4. The van der Waals surface area contributed by atoms with Crippen molar-refractivity contribution < 1.29 is 28.8 Å². The summed E-state index contributed by atoms with van der Waals surface area (Å²) >= 11 is 0. The van der Waals surface area contributed by atoms with Gasteiger partial charge in [-0.1, -0.05) is 36.4 Å². The number of hydrogen-bond acceptors (Lipinski definition) is 6. The van der Waals surface area contributed by atoms with Crippen LogP contribution in [0, 0.1) is 0 Å². The highest BCUT2D eigenvalue weighted by Crippen LogP contribution is 2.21. The Kier molecular flexibility index (Phi) is 7.84. The smallest absolute Gasteiger partial charge is 0.189 e. The van der Waals surface area contributed by atoms with Gasteiger partial charge in [0.25, 0.3) is 0 Å². The first-order valence-corrected chi connectivity index (χ1v) is 9.51. The van der Waals surface area contributed by atoms with E-state index >= 15 is 0 Å². The third-order valence-corrected chi connectivity index (χ3v) is 4.41. The van der Waals surface area contributed by atoms with Gasteiger partial charge in [0.05, 0.1) is 33.0 Å². The van der Waals surface area contributed by atoms with Crippen LogP contribution in [0.1, 0.15) is 24.0 Å². The van der Waals surface area contributed by atoms with Crippen molar-refractivity contribution in [3.05, 3.63) is 59.7 Å². The van der Waals surface area contributed by atoms with Crippen LogP contribution in [0.4, 0.5) is 0 Å². The molecule has 0 aromatic heterocycles. The van der Waals surface area contributed by atoms with E-state index in [0.717, 1.165) is 35.5 Å². The van der Waals surface area contributed by atoms with Gasteiger partial charge in [-0.05, 0) is 25.0 Å². The lowest BCUT2D eigenvalue weighted by atomic mass is 10.2. The zero-order valence-electron chi connectivity index (χ0n) is 15.8. The molecule has 2 aromatic carbocycles. The van der Waals surface area contributed by atoms with Gasteiger partial charge in [-0.2, -0.15) is 0 Å². The molecule has 0 spiro atoms. The first-order chi connectivity index (χ1) is 13.7. The van der Waals surface area contributed by atoms with Crippen LogP contribution in [0.5, 0.6) is 11.5 Å². The Bertz CT molecular complexity index is 760. The van der Waals surface area contributed by atoms with Crippen molar-refractivity contribution in [2.24, 2.45) is 0 Å². The average molecular weight is 386 g/mol. The Labute approximate surface area is 165 Å². The van der Waals surface area contributed by atoms with E-state index in [2.05, 4.69) is 0 Å². The Morgan fingerprint density at radius 3 is 1.89 bits per heavy atom. The SMILES string of the molecule is O=C1COCc2ccccc2OCCCCOc2ccccc2COCC1O. The van der Waals surface area contributed by atoms with Gasteiger partial charge >= 0.3 is 0 Å². The van der Waals surface area contributed by atoms with E-state index in [0.29, 0.717) is 13.2 Å². The standard InChI is InChI=1S/C22H26O6/c23-19-15-25-13-17-7-1-3-9-21(17)27-11-5-6-12-28-22-10-4-2-8-18(22)14-26-16-20(19)24/h1-4,7-10,19,23H,5-6,11-16H2. The van der Waals surface area contributed by atoms with E-state index in [1.165, 1.54) is 0 Å². The van der Waals surface area contributed by atoms with Gasteiger partial charge in [-0.3, -0.25) is 4.79 Å². The molecule has 1 N–H and O–H groups in total. The van der Waals surface area contributed by atoms with E-state index in [4.69, 9.17) is 18.9 Å². The Morgan fingerprint density at radius 1 is 0.750 bits per heavy atom. The molecule has 0 fully saturated rings. The lowest BCUT2D eigenvalue weighted by Gasteiger charge is -2.15. The first kappa shape index (κ1) is 20.3. The van der Waals surface area contributed by atoms with Crippen molar-refractivity contribution in [1.82, 2.24) is 0 Å². The molecule has 1 aliphatic heterocycles. The molecule has 150 valence electrons. The van der Waals surface area contributed by atoms with Crippen LogP contribution >= 0.6 is 0 Å². The van der Waals surface area contributed by atoms with Crippen molar-refractivity contribution in [3.63, 3.8) is 0 Å². The van der Waals surface area contributed by atoms with E-state index in [9.17, 15) is 9.90 Å². The fourth-order valence-corrected chi connectivity index (χ4v) is 2.83. The van der Waals surface area contributed by atoms with Crippen molar-refractivity contribution in [3.8, 4) is 11.5 Å². The number of hydrogen-bond donors (Lipinski definition) is 1. The van der Waals surface area contributed by atoms with Gasteiger partial charge in [0.1, 0.15) is 24.2 Å². The molecule has 0 radical (unpaired) electrons. The zero-order valence-corrected chi connectivity index (χ0v) is 15.8. The van der Waals surface area contributed by atoms with Gasteiger partial charge in [-0.25, -0.2) is 0 Å². The minimum atomic E-state index is -1.22. The number of carbonyl (C=O) groups excluding carboxylic acids is 1. The maximum atomic E-state index is 12.1. The van der Waals surface area contributed by atoms with Crippen LogP contribution in [-0.4, -0.2) is 43.4 Å². The van der Waals surface area contributed by atoms with Crippen LogP contribution in [0.25, 0.3) is 0 Å². The molecule has 1 aliphatic rings. The Morgan fingerprint density at radius 2 is 1.29 bits per heavy atom. The molecule has 0 amide bonds. The lowest BCUT2D eigenvalue weighted by Crippen LogP contribution is -2.29. The summed E-state index contributed by atoms with van der Waals surface area (Å²) in [7, 11) is 0. The molecule has 0 bridgehead atoms. The maximum Gasteiger partial charge on any atom is 0.189 e. The second-order valence-electron chi connectivity index (χ2n) is 6.61. The molecule has 1 atom stereocenters. The average Bonchev–Trinajstić information content (AvgIpc) is 2.71. The molecule has 3 rings (SSSR count). The predicted molar refractivity (Wildman–Crippen MR) is 103 cm³/mol. The third-order valence-electron chi connectivity index (χ3n) is 4.41. The zero-order chi connectivity index (χ0) is 19.6. The molecule has 2 aromatic rings. The number of para-hydroxylation sites is 2. The number of rotatable bonds is 0. The van der Waals surface area contributed by atoms with E-state index in [1.54, 1.807) is 0 Å². The summed E-state index contributed by atoms with van der Waals surface area (Å²) < 4.78 is 22.7. The number of carbonyl (C=O) groups is 1. The molecule has 1 unspecified atom stereocenters. The molecule has 28 heavy (non-hydrogen) atoms. The molecule has 1 heterocycles. The molecular weight excluding hydrogens is 360 g/mol. The van der Waals surface area contributed by atoms with Gasteiger partial charge in [0, 0.05) is 11.1 Å². The van der Waals surface area contributed by atoms with E-state index in [1.807, 2.05) is 48.5 Å². The minimum Gasteiger partial charge on any atom is -0.493 e. The van der Waals surface area contributed by atoms with Crippen molar-refractivity contribution in [1.29, 1.82) is 0 Å². The first-order valence-electron chi connectivity index (χ1n) is 9.51. The summed E-state index contributed by atoms with van der Waals surface area (Å²) in [6.07, 6.45) is 0.498. The van der Waals surface area contributed by atoms with Gasteiger partial charge in [0.2, 0.25) is 0 Å². The van der Waals surface area contributed by atoms with Crippen molar-refractivity contribution >= 4 is 5.78 Å². The second-order valence-corrected chi connectivity index (χ2v) is 6.61. The third kappa shape index (κ3) is 6.05. The fourth-order valence-electron chi connectivity index (χ4n) is 2.83. The molecular formula is C22H26O6. The number of Topliss-reactive ketones (excluding diaryl/α,β-unsaturated/α-hetero) is 1. The summed E-state index contributed by atoms with van der Waals surface area (Å²) in [5, 5.41) is 10.0. The Hall–Kier alpha value is -2.41. The summed E-state index contributed by atoms with van der Waals surface area (Å²) in [5.41, 5.74) is 1.75. The van der Waals surface area contributed by atoms with Gasteiger partial charge in [0.15, 0.2) is 5.78 Å². The topological polar surface area (TPSA) is 74.2 Å². The molecule has 0 saturated heterocycles. The quantitative estimate of drug-likeness (QED) is 0.751. The van der Waals surface area contributed by atoms with Crippen molar-refractivity contribution in [2.75, 3.05) is 26.4 Å². The summed E-state index contributed by atoms with van der Waals surface area (Å²) in [6.45, 7) is 1.38. The number of aliphatic hydroxyl groups is 1. The molecule has 6 nitrogen and oxygen atoms in total.